The van der Waals surface area contributed by atoms with Crippen LogP contribution in [0.5, 0.6) is 0 Å². The summed E-state index contributed by atoms with van der Waals surface area (Å²) in [5.41, 5.74) is 1.45. The molecule has 12 rings (SSSR count). The van der Waals surface area contributed by atoms with Crippen LogP contribution in [-0.2, 0) is 28.6 Å². The number of piperazine rings is 1. The minimum Gasteiger partial charge on any atom is -0.444 e. The summed E-state index contributed by atoms with van der Waals surface area (Å²) in [5.74, 6) is 1.54. The molecule has 23 heteroatoms. The summed E-state index contributed by atoms with van der Waals surface area (Å²) >= 11 is 6.41. The minimum absolute atomic E-state index is 0.00579. The lowest BCUT2D eigenvalue weighted by atomic mass is 9.83. The highest BCUT2D eigenvalue weighted by Gasteiger charge is 2.65. The Morgan fingerprint density at radius 1 is 0.716 bits per heavy atom. The smallest absolute Gasteiger partial charge is 0.416 e. The molecule has 0 radical (unpaired) electrons. The van der Waals surface area contributed by atoms with Crippen molar-refractivity contribution in [3.8, 4) is 0 Å². The predicted molar refractivity (Wildman–Crippen MR) is 364 cm³/mol. The van der Waals surface area contributed by atoms with Crippen LogP contribution in [0.15, 0.2) is 72.1 Å². The Morgan fingerprint density at radius 3 is 2.09 bits per heavy atom. The van der Waals surface area contributed by atoms with Gasteiger partial charge in [0.2, 0.25) is 17.7 Å². The molecule has 6 amide bonds. The number of nitrogens with one attached hydrogen (secondary N) is 2. The summed E-state index contributed by atoms with van der Waals surface area (Å²) in [6.07, 6.45) is 16.4. The highest BCUT2D eigenvalue weighted by molar-refractivity contribution is 6.30. The molecule has 1 spiro atoms. The van der Waals surface area contributed by atoms with Gasteiger partial charge in [-0.3, -0.25) is 38.9 Å². The Labute approximate surface area is 565 Å². The Bertz CT molecular complexity index is 3380. The largest absolute Gasteiger partial charge is 0.444 e. The van der Waals surface area contributed by atoms with Crippen molar-refractivity contribution in [3.63, 3.8) is 0 Å². The van der Waals surface area contributed by atoms with Gasteiger partial charge in [0.25, 0.3) is 5.91 Å². The monoisotopic (exact) mass is 1330 g/mol. The molecule has 2 saturated carbocycles. The molecule has 514 valence electrons. The van der Waals surface area contributed by atoms with Crippen molar-refractivity contribution in [3.05, 3.63) is 88.8 Å². The number of amidine groups is 1. The number of rotatable bonds is 18. The van der Waals surface area contributed by atoms with Crippen molar-refractivity contribution in [2.24, 2.45) is 10.9 Å². The lowest BCUT2D eigenvalue weighted by Crippen LogP contribution is -2.55. The standard InChI is InChI=1S/C72H100ClN13O9/c1-70(2,3)94-68(91)85(55-21-22-55)47-61(88)84-32-11-16-53(45-84)51-14-10-15-52(44-51)65(89)78-62(50-12-8-7-9-13-50)66(90)83-36-26-57(27-37-83)93-56-24-33-80(34-25-56)46-60(87)81-42-40-79(41-43-81)35-28-59(49-17-19-54(73)20-18-49)77-67-72(86(67)69(92)95-71(4,5)6)29-38-82(39-30-72)64-58-23-31-74-63(58)75-48-76-64/h10,14-15,17-20,23,31,44,48,50,53,55-57,59,62H,7-9,11-13,16,21-22,24-30,32-43,45-47H2,1-6H3,(H,78,89)(H,74,75,76)/t53?,59-,62+,86?/m0/s1. The van der Waals surface area contributed by atoms with E-state index in [0.29, 0.717) is 82.3 Å². The molecular formula is C72H100ClN13O9. The van der Waals surface area contributed by atoms with Gasteiger partial charge < -0.3 is 44.1 Å². The Balaban J connectivity index is 0.584. The maximum atomic E-state index is 14.6. The maximum Gasteiger partial charge on any atom is 0.416 e. The maximum absolute atomic E-state index is 14.6. The summed E-state index contributed by atoms with van der Waals surface area (Å²) < 4.78 is 18.4. The van der Waals surface area contributed by atoms with Gasteiger partial charge in [0, 0.05) is 114 Å². The number of fused-ring (bicyclic) bond motifs is 1. The van der Waals surface area contributed by atoms with Gasteiger partial charge >= 0.3 is 12.2 Å². The molecule has 8 aliphatic rings. The number of piperidine rings is 4. The van der Waals surface area contributed by atoms with E-state index in [4.69, 9.17) is 30.8 Å². The molecule has 8 fully saturated rings. The number of carbonyl (C=O) groups is 6. The van der Waals surface area contributed by atoms with Gasteiger partial charge in [0.05, 0.1) is 30.2 Å². The second-order valence-corrected chi connectivity index (χ2v) is 30.4. The van der Waals surface area contributed by atoms with Crippen LogP contribution in [0, 0.1) is 5.92 Å². The van der Waals surface area contributed by atoms with Crippen LogP contribution in [0.25, 0.3) is 11.0 Å². The first kappa shape index (κ1) is 68.1. The lowest BCUT2D eigenvalue weighted by Gasteiger charge is -2.40. The van der Waals surface area contributed by atoms with E-state index in [9.17, 15) is 28.8 Å². The summed E-state index contributed by atoms with van der Waals surface area (Å²) in [4.78, 5) is 117. The molecule has 2 aromatic carbocycles. The molecule has 4 aromatic rings. The van der Waals surface area contributed by atoms with Crippen LogP contribution < -0.4 is 10.2 Å². The zero-order chi connectivity index (χ0) is 66.6. The molecule has 95 heavy (non-hydrogen) atoms. The van der Waals surface area contributed by atoms with Crippen LogP contribution in [-0.4, -0.2) is 230 Å². The Morgan fingerprint density at radius 2 is 1.41 bits per heavy atom. The highest BCUT2D eigenvalue weighted by Crippen LogP contribution is 2.48. The van der Waals surface area contributed by atoms with E-state index < -0.39 is 28.9 Å². The van der Waals surface area contributed by atoms with E-state index in [1.807, 2.05) is 117 Å². The third-order valence-electron chi connectivity index (χ3n) is 20.8. The first-order valence-corrected chi connectivity index (χ1v) is 35.8. The summed E-state index contributed by atoms with van der Waals surface area (Å²) in [5, 5.41) is 4.87. The predicted octanol–water partition coefficient (Wildman–Crippen LogP) is 9.83. The van der Waals surface area contributed by atoms with E-state index in [0.717, 1.165) is 156 Å². The third kappa shape index (κ3) is 16.9. The van der Waals surface area contributed by atoms with Gasteiger partial charge in [-0.1, -0.05) is 55.1 Å². The van der Waals surface area contributed by atoms with Crippen LogP contribution in [0.1, 0.15) is 178 Å². The number of aromatic nitrogens is 3. The number of hydrogen-bond donors (Lipinski definition) is 2. The number of H-pyrrole nitrogens is 1. The highest BCUT2D eigenvalue weighted by atomic mass is 35.5. The molecule has 8 heterocycles. The van der Waals surface area contributed by atoms with Crippen molar-refractivity contribution < 1.29 is 43.0 Å². The summed E-state index contributed by atoms with van der Waals surface area (Å²) in [6.45, 7) is 20.4. The molecular weight excluding hydrogens is 1230 g/mol. The summed E-state index contributed by atoms with van der Waals surface area (Å²) in [7, 11) is 0. The Hall–Kier alpha value is -6.88. The topological polar surface area (TPSA) is 222 Å². The minimum atomic E-state index is -0.672. The zero-order valence-corrected chi connectivity index (χ0v) is 57.5. The van der Waals surface area contributed by atoms with Crippen LogP contribution >= 0.6 is 11.6 Å². The van der Waals surface area contributed by atoms with Crippen LogP contribution in [0.2, 0.25) is 5.02 Å². The number of hydrogen-bond acceptors (Lipinski definition) is 15. The second-order valence-electron chi connectivity index (χ2n) is 29.9. The van der Waals surface area contributed by atoms with E-state index >= 15 is 0 Å². The summed E-state index contributed by atoms with van der Waals surface area (Å²) in [6, 6.07) is 16.7. The van der Waals surface area contributed by atoms with Crippen molar-refractivity contribution in [1.82, 2.24) is 54.6 Å². The Kier molecular flexibility index (Phi) is 21.1. The van der Waals surface area contributed by atoms with Gasteiger partial charge in [0.15, 0.2) is 0 Å². The van der Waals surface area contributed by atoms with Gasteiger partial charge in [-0.15, -0.1) is 0 Å². The number of amides is 6. The van der Waals surface area contributed by atoms with E-state index in [-0.39, 0.29) is 72.4 Å². The van der Waals surface area contributed by atoms with Crippen molar-refractivity contribution in [1.29, 1.82) is 0 Å². The third-order valence-corrected chi connectivity index (χ3v) is 21.1. The average Bonchev–Trinajstić information content (AvgIpc) is 1.54. The van der Waals surface area contributed by atoms with Crippen LogP contribution in [0.4, 0.5) is 15.4 Å². The first-order chi connectivity index (χ1) is 45.6. The van der Waals surface area contributed by atoms with E-state index in [2.05, 4.69) is 35.0 Å². The molecule has 3 atom stereocenters. The van der Waals surface area contributed by atoms with Crippen molar-refractivity contribution in [2.75, 3.05) is 103 Å². The van der Waals surface area contributed by atoms with Gasteiger partial charge in [-0.2, -0.15) is 0 Å². The van der Waals surface area contributed by atoms with Crippen molar-refractivity contribution >= 4 is 70.1 Å². The number of carbonyl (C=O) groups excluding carboxylic acids is 6. The quantitative estimate of drug-likeness (QED) is 0.0886. The fourth-order valence-corrected chi connectivity index (χ4v) is 15.4. The normalized spacial score (nSPS) is 22.4. The van der Waals surface area contributed by atoms with E-state index in [1.54, 1.807) is 16.1 Å². The SMILES string of the molecule is CC(C)(C)OC(=O)N(CC(=O)N1CCCC(c2cccc(C(=O)N[C@@H](C(=O)N3CCC(OC4CCN(CC(=O)N5CCN(CC[C@H](N=C6N(C(=O)OC(C)(C)C)C67CCN(c6ncnc8[nH]ccc68)CC7)c6ccc(Cl)cc6)CC5)CC4)CC3)C3CCCCC3)c2)C1)C1CC1. The number of ether oxygens (including phenoxy) is 3. The van der Waals surface area contributed by atoms with Gasteiger partial charge in [-0.25, -0.2) is 24.5 Å². The zero-order valence-electron chi connectivity index (χ0n) is 56.8. The number of aliphatic imine (C=N–C) groups is 1. The van der Waals surface area contributed by atoms with Gasteiger partial charge in [-0.05, 0) is 172 Å². The number of likely N-dealkylation sites (tertiary alicyclic amines) is 3. The second kappa shape index (κ2) is 29.5. The number of anilines is 1. The first-order valence-electron chi connectivity index (χ1n) is 35.4. The molecule has 6 saturated heterocycles. The number of nitrogens with zero attached hydrogens (tertiary/aromatic N) is 11. The molecule has 2 aromatic heterocycles. The molecule has 2 N–H and O–H groups in total. The fourth-order valence-electron chi connectivity index (χ4n) is 15.3. The molecule has 1 unspecified atom stereocenters. The molecule has 22 nitrogen and oxygen atoms in total. The molecule has 6 aliphatic heterocycles. The number of benzene rings is 2. The lowest BCUT2D eigenvalue weighted by molar-refractivity contribution is -0.140. The number of halogens is 1. The average molecular weight is 1330 g/mol. The van der Waals surface area contributed by atoms with Crippen molar-refractivity contribution in [2.45, 2.75) is 197 Å². The number of aromatic amines is 1. The molecule has 0 bridgehead atoms. The fraction of sp³-hybridized carbons (Fsp3) is 0.653. The molecule has 2 aliphatic carbocycles. The van der Waals surface area contributed by atoms with Gasteiger partial charge in [0.1, 0.15) is 53.0 Å². The van der Waals surface area contributed by atoms with Crippen LogP contribution in [0.3, 0.4) is 0 Å². The van der Waals surface area contributed by atoms with E-state index in [1.165, 1.54) is 0 Å².